The maximum Gasteiger partial charge on any atom is 0.224 e. The van der Waals surface area contributed by atoms with E-state index in [1.54, 1.807) is 24.9 Å². The highest BCUT2D eigenvalue weighted by Gasteiger charge is 2.13. The van der Waals surface area contributed by atoms with E-state index in [-0.39, 0.29) is 11.9 Å². The van der Waals surface area contributed by atoms with E-state index in [2.05, 4.69) is 0 Å². The molecule has 1 unspecified atom stereocenters. The fourth-order valence-corrected chi connectivity index (χ4v) is 1.83. The summed E-state index contributed by atoms with van der Waals surface area (Å²) in [6.07, 6.45) is 0.328. The normalized spacial score (nSPS) is 12.3. The SMILES string of the molecule is CC(N)CC(=O)N(C)Cc1cccc(Cl)c1Cl. The monoisotopic (exact) mass is 274 g/mol. The van der Waals surface area contributed by atoms with Crippen molar-refractivity contribution >= 4 is 29.1 Å². The van der Waals surface area contributed by atoms with Crippen molar-refractivity contribution in [3.8, 4) is 0 Å². The molecule has 0 spiro atoms. The lowest BCUT2D eigenvalue weighted by atomic mass is 10.2. The molecule has 0 saturated carbocycles. The molecule has 0 aliphatic heterocycles. The van der Waals surface area contributed by atoms with Gasteiger partial charge in [-0.2, -0.15) is 0 Å². The number of nitrogens with two attached hydrogens (primary N) is 1. The minimum atomic E-state index is -0.139. The Morgan fingerprint density at radius 1 is 1.47 bits per heavy atom. The highest BCUT2D eigenvalue weighted by molar-refractivity contribution is 6.42. The lowest BCUT2D eigenvalue weighted by Crippen LogP contribution is -2.31. The molecule has 0 aliphatic rings. The van der Waals surface area contributed by atoms with Crippen LogP contribution < -0.4 is 5.73 Å². The molecule has 5 heteroatoms. The van der Waals surface area contributed by atoms with Gasteiger partial charge in [0.05, 0.1) is 10.0 Å². The first-order valence-electron chi connectivity index (χ1n) is 5.34. The van der Waals surface area contributed by atoms with E-state index in [0.717, 1.165) is 5.56 Å². The summed E-state index contributed by atoms with van der Waals surface area (Å²) in [6.45, 7) is 2.24. The number of amides is 1. The molecule has 1 atom stereocenters. The molecule has 0 radical (unpaired) electrons. The summed E-state index contributed by atoms with van der Waals surface area (Å²) in [5, 5.41) is 0.992. The van der Waals surface area contributed by atoms with Gasteiger partial charge in [-0.15, -0.1) is 0 Å². The van der Waals surface area contributed by atoms with Crippen molar-refractivity contribution in [3.05, 3.63) is 33.8 Å². The van der Waals surface area contributed by atoms with Gasteiger partial charge in [0.2, 0.25) is 5.91 Å². The highest BCUT2D eigenvalue weighted by atomic mass is 35.5. The summed E-state index contributed by atoms with van der Waals surface area (Å²) in [4.78, 5) is 13.3. The van der Waals surface area contributed by atoms with Gasteiger partial charge in [-0.1, -0.05) is 35.3 Å². The zero-order valence-corrected chi connectivity index (χ0v) is 11.4. The number of hydrogen-bond acceptors (Lipinski definition) is 2. The number of rotatable bonds is 4. The molecule has 0 aliphatic carbocycles. The average molecular weight is 275 g/mol. The van der Waals surface area contributed by atoms with Crippen LogP contribution in [0.25, 0.3) is 0 Å². The fraction of sp³-hybridized carbons (Fsp3) is 0.417. The molecule has 2 N–H and O–H groups in total. The second-order valence-electron chi connectivity index (χ2n) is 4.14. The molecule has 1 aromatic rings. The van der Waals surface area contributed by atoms with Crippen molar-refractivity contribution in [3.63, 3.8) is 0 Å². The highest BCUT2D eigenvalue weighted by Crippen LogP contribution is 2.26. The molecule has 0 heterocycles. The van der Waals surface area contributed by atoms with Crippen LogP contribution in [0.3, 0.4) is 0 Å². The van der Waals surface area contributed by atoms with Crippen LogP contribution in [0, 0.1) is 0 Å². The third-order valence-corrected chi connectivity index (χ3v) is 3.22. The molecule has 3 nitrogen and oxygen atoms in total. The zero-order valence-electron chi connectivity index (χ0n) is 9.91. The standard InChI is InChI=1S/C12H16Cl2N2O/c1-8(15)6-11(17)16(2)7-9-4-3-5-10(13)12(9)14/h3-5,8H,6-7,15H2,1-2H3. The Morgan fingerprint density at radius 2 is 2.12 bits per heavy atom. The van der Waals surface area contributed by atoms with Gasteiger partial charge in [-0.3, -0.25) is 4.79 Å². The van der Waals surface area contributed by atoms with Crippen LogP contribution in [0.4, 0.5) is 0 Å². The molecule has 17 heavy (non-hydrogen) atoms. The predicted octanol–water partition coefficient (Wildman–Crippen LogP) is 2.69. The third-order valence-electron chi connectivity index (χ3n) is 2.36. The summed E-state index contributed by atoms with van der Waals surface area (Å²) in [7, 11) is 1.72. The Labute approximate surface area is 111 Å². The fourth-order valence-electron chi connectivity index (χ4n) is 1.45. The number of halogens is 2. The second-order valence-corrected chi connectivity index (χ2v) is 4.93. The minimum Gasteiger partial charge on any atom is -0.341 e. The Bertz CT molecular complexity index is 407. The van der Waals surface area contributed by atoms with Crippen molar-refractivity contribution in [2.24, 2.45) is 5.73 Å². The quantitative estimate of drug-likeness (QED) is 0.918. The van der Waals surface area contributed by atoms with Gasteiger partial charge in [0, 0.05) is 26.1 Å². The first kappa shape index (κ1) is 14.3. The summed E-state index contributed by atoms with van der Waals surface area (Å²) in [5.74, 6) is -0.00366. The Morgan fingerprint density at radius 3 is 2.71 bits per heavy atom. The van der Waals surface area contributed by atoms with Crippen LogP contribution >= 0.6 is 23.2 Å². The molecule has 1 rings (SSSR count). The molecule has 0 fully saturated rings. The van der Waals surface area contributed by atoms with Gasteiger partial charge < -0.3 is 10.6 Å². The van der Waals surface area contributed by atoms with Crippen molar-refractivity contribution < 1.29 is 4.79 Å². The maximum absolute atomic E-state index is 11.7. The first-order valence-corrected chi connectivity index (χ1v) is 6.10. The molecule has 1 amide bonds. The molecule has 94 valence electrons. The van der Waals surface area contributed by atoms with Crippen LogP contribution in [-0.2, 0) is 11.3 Å². The number of benzene rings is 1. The van der Waals surface area contributed by atoms with Crippen LogP contribution in [-0.4, -0.2) is 23.9 Å². The smallest absolute Gasteiger partial charge is 0.224 e. The van der Waals surface area contributed by atoms with Crippen molar-refractivity contribution in [2.75, 3.05) is 7.05 Å². The van der Waals surface area contributed by atoms with Crippen LogP contribution in [0.2, 0.25) is 10.0 Å². The number of hydrogen-bond donors (Lipinski definition) is 1. The molecule has 0 bridgehead atoms. The van der Waals surface area contributed by atoms with E-state index in [0.29, 0.717) is 23.0 Å². The van der Waals surface area contributed by atoms with Crippen molar-refractivity contribution in [2.45, 2.75) is 25.9 Å². The van der Waals surface area contributed by atoms with E-state index in [9.17, 15) is 4.79 Å². The molecular weight excluding hydrogens is 259 g/mol. The summed E-state index contributed by atoms with van der Waals surface area (Å²) < 4.78 is 0. The maximum atomic E-state index is 11.7. The topological polar surface area (TPSA) is 46.3 Å². The number of carbonyl (C=O) groups excluding carboxylic acids is 1. The average Bonchev–Trinajstić information content (AvgIpc) is 2.23. The van der Waals surface area contributed by atoms with Crippen LogP contribution in [0.5, 0.6) is 0 Å². The number of nitrogens with zero attached hydrogens (tertiary/aromatic N) is 1. The third kappa shape index (κ3) is 4.19. The second kappa shape index (κ2) is 6.24. The predicted molar refractivity (Wildman–Crippen MR) is 71.2 cm³/mol. The zero-order chi connectivity index (χ0) is 13.0. The van der Waals surface area contributed by atoms with Gasteiger partial charge in [0.15, 0.2) is 0 Å². The number of carbonyl (C=O) groups is 1. The largest absolute Gasteiger partial charge is 0.341 e. The van der Waals surface area contributed by atoms with E-state index in [4.69, 9.17) is 28.9 Å². The van der Waals surface area contributed by atoms with E-state index >= 15 is 0 Å². The van der Waals surface area contributed by atoms with Crippen molar-refractivity contribution in [1.82, 2.24) is 4.90 Å². The van der Waals surface area contributed by atoms with Gasteiger partial charge >= 0.3 is 0 Å². The van der Waals surface area contributed by atoms with E-state index < -0.39 is 0 Å². The van der Waals surface area contributed by atoms with Gasteiger partial charge in [-0.25, -0.2) is 0 Å². The molecule has 0 saturated heterocycles. The lowest BCUT2D eigenvalue weighted by Gasteiger charge is -2.19. The Balaban J connectivity index is 2.71. The first-order chi connectivity index (χ1) is 7.91. The van der Waals surface area contributed by atoms with Gasteiger partial charge in [0.1, 0.15) is 0 Å². The Hall–Kier alpha value is -0.770. The molecule has 0 aromatic heterocycles. The van der Waals surface area contributed by atoms with Crippen LogP contribution in [0.15, 0.2) is 18.2 Å². The van der Waals surface area contributed by atoms with E-state index in [1.807, 2.05) is 12.1 Å². The lowest BCUT2D eigenvalue weighted by molar-refractivity contribution is -0.130. The van der Waals surface area contributed by atoms with E-state index in [1.165, 1.54) is 0 Å². The summed E-state index contributed by atoms with van der Waals surface area (Å²) in [5.41, 5.74) is 6.42. The Kier molecular flexibility index (Phi) is 5.25. The minimum absolute atomic E-state index is 0.00366. The summed E-state index contributed by atoms with van der Waals surface area (Å²) >= 11 is 12.0. The molecule has 1 aromatic carbocycles. The van der Waals surface area contributed by atoms with Crippen LogP contribution in [0.1, 0.15) is 18.9 Å². The summed E-state index contributed by atoms with van der Waals surface area (Å²) in [6, 6.07) is 5.24. The molecular formula is C12H16Cl2N2O. The van der Waals surface area contributed by atoms with Gasteiger partial charge in [0.25, 0.3) is 0 Å². The van der Waals surface area contributed by atoms with Crippen molar-refractivity contribution in [1.29, 1.82) is 0 Å². The van der Waals surface area contributed by atoms with Gasteiger partial charge in [-0.05, 0) is 18.6 Å².